The molecule has 0 atom stereocenters. The smallest absolute Gasteiger partial charge is 0.144 e. The highest BCUT2D eigenvalue weighted by atomic mass is 35.5. The van der Waals surface area contributed by atoms with Crippen LogP contribution in [-0.2, 0) is 10.2 Å². The van der Waals surface area contributed by atoms with Gasteiger partial charge in [0, 0.05) is 21.8 Å². The van der Waals surface area contributed by atoms with Crippen LogP contribution in [0.3, 0.4) is 0 Å². The second-order valence-electron chi connectivity index (χ2n) is 4.16. The molecule has 0 aliphatic carbocycles. The fourth-order valence-corrected chi connectivity index (χ4v) is 2.08. The maximum atomic E-state index is 10.5. The summed E-state index contributed by atoms with van der Waals surface area (Å²) in [5.41, 5.74) is 2.89. The monoisotopic (exact) mass is 221 g/mol. The van der Waals surface area contributed by atoms with Gasteiger partial charge in [-0.15, -0.1) is 0 Å². The molecule has 1 aliphatic heterocycles. The molecule has 1 heterocycles. The Morgan fingerprint density at radius 1 is 1.40 bits per heavy atom. The Kier molecular flexibility index (Phi) is 2.31. The van der Waals surface area contributed by atoms with Crippen LogP contribution in [0.2, 0.25) is 5.02 Å². The van der Waals surface area contributed by atoms with Gasteiger partial charge in [0.25, 0.3) is 0 Å². The first-order valence-electron chi connectivity index (χ1n) is 4.78. The Labute approximate surface area is 93.9 Å². The topological polar surface area (TPSA) is 29.1 Å². The summed E-state index contributed by atoms with van der Waals surface area (Å²) in [6.45, 7) is 4.13. The summed E-state index contributed by atoms with van der Waals surface area (Å²) in [5.74, 6) is 0. The van der Waals surface area contributed by atoms with Crippen molar-refractivity contribution in [2.24, 2.45) is 0 Å². The summed E-state index contributed by atoms with van der Waals surface area (Å²) >= 11 is 5.96. The average molecular weight is 222 g/mol. The molecule has 0 radical (unpaired) electrons. The van der Waals surface area contributed by atoms with Gasteiger partial charge < -0.3 is 5.32 Å². The second kappa shape index (κ2) is 3.38. The predicted octanol–water partition coefficient (Wildman–Crippen LogP) is 3.13. The van der Waals surface area contributed by atoms with Gasteiger partial charge in [-0.3, -0.25) is 4.79 Å². The average Bonchev–Trinajstić information content (AvgIpc) is 2.41. The van der Waals surface area contributed by atoms with Crippen LogP contribution in [0.4, 0.5) is 5.69 Å². The first-order chi connectivity index (χ1) is 7.05. The molecule has 1 aliphatic rings. The van der Waals surface area contributed by atoms with Crippen molar-refractivity contribution in [3.8, 4) is 0 Å². The number of carbonyl (C=O) groups excluding carboxylic acids is 1. The van der Waals surface area contributed by atoms with E-state index < -0.39 is 0 Å². The minimum Gasteiger partial charge on any atom is -0.358 e. The standard InChI is InChI=1S/C12H12ClNO/c1-12(2)9-7-8(13)3-4-10(9)14-11(12)5-6-15/h3-7,14H,1-2H3. The third-order valence-corrected chi connectivity index (χ3v) is 3.07. The van der Waals surface area contributed by atoms with E-state index in [1.54, 1.807) is 6.08 Å². The second-order valence-corrected chi connectivity index (χ2v) is 4.59. The van der Waals surface area contributed by atoms with Crippen LogP contribution in [0.25, 0.3) is 0 Å². The Hall–Kier alpha value is -1.28. The van der Waals surface area contributed by atoms with Crippen LogP contribution in [0.15, 0.2) is 30.0 Å². The maximum Gasteiger partial charge on any atom is 0.144 e. The first-order valence-corrected chi connectivity index (χ1v) is 5.16. The van der Waals surface area contributed by atoms with E-state index in [9.17, 15) is 4.79 Å². The third-order valence-electron chi connectivity index (χ3n) is 2.83. The zero-order valence-corrected chi connectivity index (χ0v) is 9.43. The maximum absolute atomic E-state index is 10.5. The number of allylic oxidation sites excluding steroid dienone is 2. The molecule has 0 amide bonds. The fourth-order valence-electron chi connectivity index (χ4n) is 1.91. The largest absolute Gasteiger partial charge is 0.358 e. The Morgan fingerprint density at radius 3 is 2.80 bits per heavy atom. The van der Waals surface area contributed by atoms with Crippen molar-refractivity contribution in [1.29, 1.82) is 0 Å². The number of hydrogen-bond donors (Lipinski definition) is 1. The Morgan fingerprint density at radius 2 is 2.13 bits per heavy atom. The minimum atomic E-state index is -0.179. The lowest BCUT2D eigenvalue weighted by Crippen LogP contribution is -2.17. The van der Waals surface area contributed by atoms with Gasteiger partial charge in [0.05, 0.1) is 0 Å². The SMILES string of the molecule is CC1(C)C(=CC=O)Nc2ccc(Cl)cc21. The number of carbonyl (C=O) groups is 1. The van der Waals surface area contributed by atoms with Gasteiger partial charge in [-0.2, -0.15) is 0 Å². The summed E-state index contributed by atoms with van der Waals surface area (Å²) < 4.78 is 0. The van der Waals surface area contributed by atoms with Crippen LogP contribution in [0, 0.1) is 0 Å². The molecule has 2 nitrogen and oxygen atoms in total. The highest BCUT2D eigenvalue weighted by molar-refractivity contribution is 6.30. The highest BCUT2D eigenvalue weighted by Crippen LogP contribution is 2.43. The van der Waals surface area contributed by atoms with Gasteiger partial charge in [0.15, 0.2) is 0 Å². The highest BCUT2D eigenvalue weighted by Gasteiger charge is 2.34. The molecule has 0 unspecified atom stereocenters. The van der Waals surface area contributed by atoms with Gasteiger partial charge >= 0.3 is 0 Å². The van der Waals surface area contributed by atoms with Crippen molar-refractivity contribution >= 4 is 23.6 Å². The van der Waals surface area contributed by atoms with Crippen LogP contribution in [0.5, 0.6) is 0 Å². The van der Waals surface area contributed by atoms with Gasteiger partial charge in [-0.05, 0) is 29.8 Å². The van der Waals surface area contributed by atoms with Crippen LogP contribution < -0.4 is 5.32 Å². The zero-order chi connectivity index (χ0) is 11.1. The molecule has 0 bridgehead atoms. The van der Waals surface area contributed by atoms with Crippen molar-refractivity contribution in [3.05, 3.63) is 40.6 Å². The summed E-state index contributed by atoms with van der Waals surface area (Å²) in [6, 6.07) is 5.72. The van der Waals surface area contributed by atoms with E-state index in [1.807, 2.05) is 18.2 Å². The van der Waals surface area contributed by atoms with E-state index in [1.165, 1.54) is 0 Å². The molecule has 1 aromatic carbocycles. The molecule has 3 heteroatoms. The summed E-state index contributed by atoms with van der Waals surface area (Å²) in [5, 5.41) is 3.94. The van der Waals surface area contributed by atoms with Crippen molar-refractivity contribution in [2.75, 3.05) is 5.32 Å². The van der Waals surface area contributed by atoms with E-state index >= 15 is 0 Å². The predicted molar refractivity (Wildman–Crippen MR) is 62.2 cm³/mol. The van der Waals surface area contributed by atoms with Crippen LogP contribution >= 0.6 is 11.6 Å². The quantitative estimate of drug-likeness (QED) is 0.583. The van der Waals surface area contributed by atoms with E-state index in [0.29, 0.717) is 0 Å². The lowest BCUT2D eigenvalue weighted by Gasteiger charge is -2.19. The van der Waals surface area contributed by atoms with Crippen LogP contribution in [0.1, 0.15) is 19.4 Å². The van der Waals surface area contributed by atoms with Crippen molar-refractivity contribution < 1.29 is 4.79 Å². The van der Waals surface area contributed by atoms with E-state index in [-0.39, 0.29) is 5.41 Å². The summed E-state index contributed by atoms with van der Waals surface area (Å²) in [6.07, 6.45) is 2.37. The Balaban J connectivity index is 2.57. The van der Waals surface area contributed by atoms with Crippen molar-refractivity contribution in [3.63, 3.8) is 0 Å². The number of anilines is 1. The molecule has 1 aromatic rings. The minimum absolute atomic E-state index is 0.179. The first kappa shape index (κ1) is 10.2. The third kappa shape index (κ3) is 1.55. The number of fused-ring (bicyclic) bond motifs is 1. The molecule has 0 fully saturated rings. The summed E-state index contributed by atoms with van der Waals surface area (Å²) in [4.78, 5) is 10.5. The van der Waals surface area contributed by atoms with Crippen molar-refractivity contribution in [2.45, 2.75) is 19.3 Å². The molecule has 0 saturated heterocycles. The van der Waals surface area contributed by atoms with E-state index in [2.05, 4.69) is 19.2 Å². The van der Waals surface area contributed by atoms with E-state index in [0.717, 1.165) is 28.3 Å². The molecular weight excluding hydrogens is 210 g/mol. The normalized spacial score (nSPS) is 19.8. The summed E-state index contributed by atoms with van der Waals surface area (Å²) in [7, 11) is 0. The van der Waals surface area contributed by atoms with Gasteiger partial charge in [0.1, 0.15) is 6.29 Å². The molecular formula is C12H12ClNO. The molecule has 0 saturated carbocycles. The van der Waals surface area contributed by atoms with Gasteiger partial charge in [-0.1, -0.05) is 25.4 Å². The number of nitrogens with one attached hydrogen (secondary N) is 1. The van der Waals surface area contributed by atoms with Gasteiger partial charge in [-0.25, -0.2) is 0 Å². The molecule has 15 heavy (non-hydrogen) atoms. The lowest BCUT2D eigenvalue weighted by atomic mass is 9.84. The number of aldehydes is 1. The van der Waals surface area contributed by atoms with Crippen LogP contribution in [-0.4, -0.2) is 6.29 Å². The number of benzene rings is 1. The molecule has 78 valence electrons. The fraction of sp³-hybridized carbons (Fsp3) is 0.250. The van der Waals surface area contributed by atoms with E-state index in [4.69, 9.17) is 11.6 Å². The molecule has 2 rings (SSSR count). The lowest BCUT2D eigenvalue weighted by molar-refractivity contribution is -0.104. The number of halogens is 1. The number of rotatable bonds is 1. The zero-order valence-electron chi connectivity index (χ0n) is 8.67. The van der Waals surface area contributed by atoms with Gasteiger partial charge in [0.2, 0.25) is 0 Å². The van der Waals surface area contributed by atoms with Crippen molar-refractivity contribution in [1.82, 2.24) is 0 Å². The Bertz CT molecular complexity index is 449. The number of hydrogen-bond acceptors (Lipinski definition) is 2. The molecule has 0 aromatic heterocycles. The molecule has 1 N–H and O–H groups in total. The molecule has 0 spiro atoms.